The number of hydrogen-bond donors (Lipinski definition) is 2. The smallest absolute Gasteiger partial charge is 0.330 e. The summed E-state index contributed by atoms with van der Waals surface area (Å²) in [7, 11) is 4.00. The average molecular weight is 186 g/mol. The molecule has 0 aromatic carbocycles. The number of hydrogen-bond acceptors (Lipinski definition) is 3. The van der Waals surface area contributed by atoms with Crippen LogP contribution in [0.1, 0.15) is 6.92 Å². The van der Waals surface area contributed by atoms with Gasteiger partial charge in [0.15, 0.2) is 0 Å². The summed E-state index contributed by atoms with van der Waals surface area (Å²) in [6, 6.07) is 0. The quantitative estimate of drug-likeness (QED) is 0.458. The average Bonchev–Trinajstić information content (AvgIpc) is 2.02. The summed E-state index contributed by atoms with van der Waals surface area (Å²) >= 11 is 0. The molecule has 0 fully saturated rings. The molecule has 0 saturated heterocycles. The van der Waals surface area contributed by atoms with Crippen LogP contribution in [0.5, 0.6) is 0 Å². The summed E-state index contributed by atoms with van der Waals surface area (Å²) in [5, 5.41) is 11.6. The zero-order chi connectivity index (χ0) is 10.3. The number of likely N-dealkylation sites (N-methyl/N-ethyl adjacent to an activating group) is 1. The van der Waals surface area contributed by atoms with Crippen LogP contribution in [0.2, 0.25) is 0 Å². The van der Waals surface area contributed by atoms with Crippen molar-refractivity contribution >= 4 is 5.97 Å². The molecule has 0 aromatic rings. The molecule has 76 valence electrons. The summed E-state index contributed by atoms with van der Waals surface area (Å²) in [4.78, 5) is 12.4. The second-order valence-electron chi connectivity index (χ2n) is 3.20. The second-order valence-corrected chi connectivity index (χ2v) is 3.20. The minimum atomic E-state index is -0.852. The van der Waals surface area contributed by atoms with Crippen molar-refractivity contribution < 1.29 is 9.90 Å². The number of nitrogens with zero attached hydrogens (tertiary/aromatic N) is 1. The molecule has 0 unspecified atom stereocenters. The van der Waals surface area contributed by atoms with Gasteiger partial charge in [0.25, 0.3) is 0 Å². The van der Waals surface area contributed by atoms with E-state index in [2.05, 4.69) is 10.2 Å². The van der Waals surface area contributed by atoms with Crippen LogP contribution in [0, 0.1) is 0 Å². The van der Waals surface area contributed by atoms with E-state index < -0.39 is 5.97 Å². The Balaban J connectivity index is 3.45. The van der Waals surface area contributed by atoms with Gasteiger partial charge in [0.2, 0.25) is 0 Å². The third-order valence-electron chi connectivity index (χ3n) is 1.63. The molecule has 0 bridgehead atoms. The van der Waals surface area contributed by atoms with Gasteiger partial charge in [-0.2, -0.15) is 0 Å². The fraction of sp³-hybridized carbons (Fsp3) is 0.667. The Hall–Kier alpha value is -0.870. The highest BCUT2D eigenvalue weighted by Crippen LogP contribution is 1.89. The standard InChI is InChI=1S/C9H18N2O2/c1-8(9(12)13)4-5-10-6-7-11(2)3/h4,10H,5-7H2,1-3H3,(H,12,13)/b8-4-. The van der Waals surface area contributed by atoms with Gasteiger partial charge in [0.05, 0.1) is 0 Å². The third kappa shape index (κ3) is 7.49. The van der Waals surface area contributed by atoms with E-state index in [1.807, 2.05) is 14.1 Å². The molecule has 4 nitrogen and oxygen atoms in total. The summed E-state index contributed by atoms with van der Waals surface area (Å²) in [5.41, 5.74) is 0.386. The zero-order valence-corrected chi connectivity index (χ0v) is 8.50. The molecule has 2 N–H and O–H groups in total. The largest absolute Gasteiger partial charge is 0.478 e. The minimum Gasteiger partial charge on any atom is -0.478 e. The van der Waals surface area contributed by atoms with Crippen molar-refractivity contribution in [2.24, 2.45) is 0 Å². The molecular formula is C9H18N2O2. The number of nitrogens with one attached hydrogen (secondary N) is 1. The van der Waals surface area contributed by atoms with Gasteiger partial charge in [-0.1, -0.05) is 6.08 Å². The lowest BCUT2D eigenvalue weighted by Crippen LogP contribution is -2.26. The lowest BCUT2D eigenvalue weighted by molar-refractivity contribution is -0.132. The van der Waals surface area contributed by atoms with E-state index in [0.29, 0.717) is 12.1 Å². The highest BCUT2D eigenvalue weighted by Gasteiger charge is 1.97. The Morgan fingerprint density at radius 2 is 2.15 bits per heavy atom. The lowest BCUT2D eigenvalue weighted by atomic mass is 10.3. The van der Waals surface area contributed by atoms with E-state index in [9.17, 15) is 4.79 Å². The van der Waals surface area contributed by atoms with Crippen LogP contribution < -0.4 is 5.32 Å². The van der Waals surface area contributed by atoms with E-state index in [0.717, 1.165) is 13.1 Å². The summed E-state index contributed by atoms with van der Waals surface area (Å²) < 4.78 is 0. The minimum absolute atomic E-state index is 0.386. The molecule has 0 rings (SSSR count). The highest BCUT2D eigenvalue weighted by atomic mass is 16.4. The Kier molecular flexibility index (Phi) is 6.18. The van der Waals surface area contributed by atoms with Crippen LogP contribution in [0.4, 0.5) is 0 Å². The van der Waals surface area contributed by atoms with E-state index in [1.54, 1.807) is 13.0 Å². The second kappa shape index (κ2) is 6.62. The van der Waals surface area contributed by atoms with Gasteiger partial charge < -0.3 is 15.3 Å². The van der Waals surface area contributed by atoms with Crippen molar-refractivity contribution in [2.45, 2.75) is 6.92 Å². The van der Waals surface area contributed by atoms with E-state index in [-0.39, 0.29) is 0 Å². The molecule has 0 saturated carbocycles. The third-order valence-corrected chi connectivity index (χ3v) is 1.63. The normalized spacial score (nSPS) is 12.2. The van der Waals surface area contributed by atoms with Crippen molar-refractivity contribution in [3.8, 4) is 0 Å². The fourth-order valence-electron chi connectivity index (χ4n) is 0.717. The van der Waals surface area contributed by atoms with Gasteiger partial charge in [-0.05, 0) is 21.0 Å². The first-order valence-corrected chi connectivity index (χ1v) is 4.29. The number of carboxylic acids is 1. The van der Waals surface area contributed by atoms with Gasteiger partial charge in [0.1, 0.15) is 0 Å². The predicted molar refractivity (Wildman–Crippen MR) is 52.8 cm³/mol. The maximum absolute atomic E-state index is 10.4. The van der Waals surface area contributed by atoms with E-state index in [1.165, 1.54) is 0 Å². The molecule has 13 heavy (non-hydrogen) atoms. The van der Waals surface area contributed by atoms with E-state index >= 15 is 0 Å². The molecule has 0 atom stereocenters. The first kappa shape index (κ1) is 12.1. The SMILES string of the molecule is C/C(=C/CNCCN(C)C)C(=O)O. The molecular weight excluding hydrogens is 168 g/mol. The topological polar surface area (TPSA) is 52.6 Å². The molecule has 0 aliphatic heterocycles. The predicted octanol–water partition coefficient (Wildman–Crippen LogP) is 0.169. The molecule has 0 aliphatic rings. The molecule has 0 spiro atoms. The molecule has 0 aromatic heterocycles. The molecule has 0 heterocycles. The Morgan fingerprint density at radius 1 is 1.54 bits per heavy atom. The molecule has 0 amide bonds. The van der Waals surface area contributed by atoms with Crippen LogP contribution >= 0.6 is 0 Å². The lowest BCUT2D eigenvalue weighted by Gasteiger charge is -2.08. The van der Waals surface area contributed by atoms with Crippen molar-refractivity contribution in [3.63, 3.8) is 0 Å². The first-order valence-electron chi connectivity index (χ1n) is 4.29. The maximum atomic E-state index is 10.4. The van der Waals surface area contributed by atoms with Gasteiger partial charge in [-0.25, -0.2) is 4.79 Å². The summed E-state index contributed by atoms with van der Waals surface area (Å²) in [6.07, 6.45) is 1.68. The maximum Gasteiger partial charge on any atom is 0.330 e. The number of carbonyl (C=O) groups is 1. The number of carboxylic acid groups (broad SMARTS) is 1. The van der Waals surface area contributed by atoms with Crippen LogP contribution in [0.3, 0.4) is 0 Å². The van der Waals surface area contributed by atoms with Crippen molar-refractivity contribution in [1.29, 1.82) is 0 Å². The van der Waals surface area contributed by atoms with Crippen LogP contribution in [-0.2, 0) is 4.79 Å². The molecule has 0 aliphatic carbocycles. The number of aliphatic carboxylic acids is 1. The summed E-state index contributed by atoms with van der Waals surface area (Å²) in [5.74, 6) is -0.852. The van der Waals surface area contributed by atoms with Crippen LogP contribution in [0.15, 0.2) is 11.6 Å². The number of rotatable bonds is 6. The summed E-state index contributed by atoms with van der Waals surface area (Å²) in [6.45, 7) is 4.04. The Morgan fingerprint density at radius 3 is 2.62 bits per heavy atom. The van der Waals surface area contributed by atoms with Gasteiger partial charge in [-0.15, -0.1) is 0 Å². The monoisotopic (exact) mass is 186 g/mol. The zero-order valence-electron chi connectivity index (χ0n) is 8.50. The fourth-order valence-corrected chi connectivity index (χ4v) is 0.717. The molecule has 4 heteroatoms. The van der Waals surface area contributed by atoms with Gasteiger partial charge in [-0.3, -0.25) is 0 Å². The Labute approximate surface area is 79.2 Å². The van der Waals surface area contributed by atoms with Gasteiger partial charge in [0, 0.05) is 25.2 Å². The van der Waals surface area contributed by atoms with E-state index in [4.69, 9.17) is 5.11 Å². The molecule has 0 radical (unpaired) electrons. The highest BCUT2D eigenvalue weighted by molar-refractivity contribution is 5.85. The van der Waals surface area contributed by atoms with Crippen molar-refractivity contribution in [1.82, 2.24) is 10.2 Å². The van der Waals surface area contributed by atoms with Crippen molar-refractivity contribution in [2.75, 3.05) is 33.7 Å². The van der Waals surface area contributed by atoms with Crippen molar-refractivity contribution in [3.05, 3.63) is 11.6 Å². The van der Waals surface area contributed by atoms with Crippen LogP contribution in [0.25, 0.3) is 0 Å². The first-order chi connectivity index (χ1) is 6.04. The van der Waals surface area contributed by atoms with Crippen LogP contribution in [-0.4, -0.2) is 49.7 Å². The Bertz CT molecular complexity index is 188. The van der Waals surface area contributed by atoms with Gasteiger partial charge >= 0.3 is 5.97 Å².